The summed E-state index contributed by atoms with van der Waals surface area (Å²) in [5.41, 5.74) is 4.24. The average molecular weight is 854 g/mol. The highest BCUT2D eigenvalue weighted by Crippen LogP contribution is 2.61. The average Bonchev–Trinajstić information content (AvgIpc) is 3.62. The van der Waals surface area contributed by atoms with Crippen molar-refractivity contribution in [1.29, 1.82) is 0 Å². The highest BCUT2D eigenvalue weighted by molar-refractivity contribution is 7.99. The minimum atomic E-state index is -5.57. The maximum absolute atomic E-state index is 12.6. The van der Waals surface area contributed by atoms with Gasteiger partial charge >= 0.3 is 29.4 Å². The van der Waals surface area contributed by atoms with Crippen molar-refractivity contribution in [3.8, 4) is 0 Å². The van der Waals surface area contributed by atoms with Gasteiger partial charge in [-0.2, -0.15) is 16.1 Å². The first kappa shape index (κ1) is 45.7. The van der Waals surface area contributed by atoms with Gasteiger partial charge < -0.3 is 56.0 Å². The number of nitrogens with zero attached hydrogens (tertiary/aromatic N) is 4. The fraction of sp³-hybridized carbons (Fsp3) is 0.680. The molecule has 1 fully saturated rings. The van der Waals surface area contributed by atoms with Crippen LogP contribution in [0, 0.1) is 11.3 Å². The molecule has 25 nitrogen and oxygen atoms in total. The van der Waals surface area contributed by atoms with Crippen molar-refractivity contribution in [3.63, 3.8) is 0 Å². The number of aliphatic hydroxyl groups excluding tert-OH is 2. The lowest BCUT2D eigenvalue weighted by atomic mass is 9.87. The van der Waals surface area contributed by atoms with Crippen LogP contribution in [0.1, 0.15) is 33.4 Å². The predicted molar refractivity (Wildman–Crippen MR) is 184 cm³/mol. The summed E-state index contributed by atoms with van der Waals surface area (Å²) in [7, 11) is -16.4. The molecule has 1 saturated heterocycles. The Morgan fingerprint density at radius 3 is 2.39 bits per heavy atom. The van der Waals surface area contributed by atoms with Gasteiger partial charge in [-0.25, -0.2) is 28.6 Å². The molecule has 2 aromatic rings. The number of carbonyl (C=O) groups excluding carboxylic acids is 2. The maximum atomic E-state index is 12.6. The van der Waals surface area contributed by atoms with Crippen molar-refractivity contribution in [2.24, 2.45) is 11.3 Å². The first-order valence-corrected chi connectivity index (χ1v) is 21.3. The number of nitrogen functional groups attached to an aromatic ring is 1. The lowest BCUT2D eigenvalue weighted by Crippen LogP contribution is -2.46. The number of phosphoric ester groups is 3. The van der Waals surface area contributed by atoms with Gasteiger partial charge in [-0.05, 0) is 0 Å². The smallest absolute Gasteiger partial charge is 0.481 e. The first-order chi connectivity index (χ1) is 24.9. The molecule has 1 aliphatic heterocycles. The zero-order chi connectivity index (χ0) is 40.6. The molecule has 3 unspecified atom stereocenters. The molecule has 0 aliphatic carbocycles. The predicted octanol–water partition coefficient (Wildman–Crippen LogP) is -1.14. The van der Waals surface area contributed by atoms with E-state index in [-0.39, 0.29) is 36.5 Å². The number of hydrogen-bond donors (Lipinski definition) is 10. The monoisotopic (exact) mass is 853 g/mol. The maximum Gasteiger partial charge on any atom is 0.481 e. The van der Waals surface area contributed by atoms with Crippen LogP contribution in [-0.4, -0.2) is 134 Å². The third-order valence-electron chi connectivity index (χ3n) is 7.44. The van der Waals surface area contributed by atoms with Crippen LogP contribution in [0.25, 0.3) is 11.2 Å². The zero-order valence-corrected chi connectivity index (χ0v) is 32.3. The number of ether oxygens (including phenoxy) is 1. The summed E-state index contributed by atoms with van der Waals surface area (Å²) in [5.74, 6) is -2.09. The van der Waals surface area contributed by atoms with E-state index in [2.05, 4.69) is 34.4 Å². The molecule has 54 heavy (non-hydrogen) atoms. The number of nitrogens with two attached hydrogens (primary N) is 1. The third-order valence-corrected chi connectivity index (χ3v) is 11.8. The van der Waals surface area contributed by atoms with Crippen LogP contribution in [0.5, 0.6) is 0 Å². The van der Waals surface area contributed by atoms with Gasteiger partial charge in [0.15, 0.2) is 17.7 Å². The SMILES string of the molecule is CC(CSCCNC(=O)CCNC(=O)[C@H](O)C(C)(C)COP(=O)(O)OP(=O)(O)OC[C@H]1O[C@@H](n2cnc3c(N)ncnc32)[C@H](O)[C@@H]1OP(=O)(O)O)C(=O)O. The van der Waals surface area contributed by atoms with E-state index < -0.39 is 96.4 Å². The largest absolute Gasteiger partial charge is 0.481 e. The summed E-state index contributed by atoms with van der Waals surface area (Å²) in [6.07, 6.45) is -6.93. The van der Waals surface area contributed by atoms with Gasteiger partial charge in [0.1, 0.15) is 36.3 Å². The van der Waals surface area contributed by atoms with Crippen LogP contribution in [0.4, 0.5) is 5.82 Å². The third kappa shape index (κ3) is 13.5. The number of anilines is 1. The zero-order valence-electron chi connectivity index (χ0n) is 28.8. The van der Waals surface area contributed by atoms with Crippen LogP contribution >= 0.6 is 35.2 Å². The minimum absolute atomic E-state index is 0.0271. The number of thioether (sulfide) groups is 1. The van der Waals surface area contributed by atoms with E-state index in [4.69, 9.17) is 24.6 Å². The molecule has 0 spiro atoms. The van der Waals surface area contributed by atoms with Crippen LogP contribution in [-0.2, 0) is 50.7 Å². The quantitative estimate of drug-likeness (QED) is 0.0494. The van der Waals surface area contributed by atoms with E-state index in [0.717, 1.165) is 17.2 Å². The van der Waals surface area contributed by atoms with Crippen molar-refractivity contribution < 1.29 is 85.6 Å². The molecular weight excluding hydrogens is 811 g/mol. The standard InChI is InChI=1S/C25H42N7O18P3S/c1-13(24(37)38)9-54-7-6-27-15(33)4-5-28-22(36)19(35)25(2,3)10-47-53(44,45)50-52(42,43)46-8-14-18(49-51(39,40)41)17(34)23(48-14)32-12-31-16-20(26)29-11-30-21(16)32/h11-14,17-19,23,34-35H,4-10H2,1-3H3,(H,27,33)(H,28,36)(H,37,38)(H,42,43)(H,44,45)(H2,26,29,30)(H2,39,40,41)/t13?,14-,17-,18-,19+,23-/m1/s1. The number of carboxylic acid groups (broad SMARTS) is 1. The van der Waals surface area contributed by atoms with Crippen LogP contribution in [0.15, 0.2) is 12.7 Å². The van der Waals surface area contributed by atoms with Crippen LogP contribution < -0.4 is 16.4 Å². The number of carboxylic acids is 1. The number of fused-ring (bicyclic) bond motifs is 1. The Kier molecular flexibility index (Phi) is 16.1. The number of amides is 2. The molecule has 306 valence electrons. The Bertz CT molecular complexity index is 1780. The van der Waals surface area contributed by atoms with E-state index in [0.29, 0.717) is 11.5 Å². The molecule has 2 amide bonds. The van der Waals surface area contributed by atoms with Gasteiger partial charge in [0, 0.05) is 36.4 Å². The highest BCUT2D eigenvalue weighted by atomic mass is 32.2. The molecule has 29 heteroatoms. The molecule has 1 aliphatic rings. The number of imidazole rings is 1. The summed E-state index contributed by atoms with van der Waals surface area (Å²) in [6.45, 7) is 2.08. The second kappa shape index (κ2) is 19.0. The molecule has 8 atom stereocenters. The summed E-state index contributed by atoms with van der Waals surface area (Å²) >= 11 is 1.34. The molecule has 0 saturated carbocycles. The Balaban J connectivity index is 1.50. The van der Waals surface area contributed by atoms with E-state index in [1.807, 2.05) is 0 Å². The van der Waals surface area contributed by atoms with Crippen LogP contribution in [0.3, 0.4) is 0 Å². The summed E-state index contributed by atoms with van der Waals surface area (Å²) in [4.78, 5) is 86.2. The molecule has 0 aromatic carbocycles. The number of hydrogen-bond acceptors (Lipinski definition) is 18. The number of phosphoric acid groups is 3. The molecular formula is C25H42N7O18P3S. The highest BCUT2D eigenvalue weighted by Gasteiger charge is 2.50. The molecule has 3 rings (SSSR count). The fourth-order valence-electron chi connectivity index (χ4n) is 4.53. The number of aliphatic hydroxyl groups is 2. The Hall–Kier alpha value is -2.64. The molecule has 11 N–H and O–H groups in total. The fourth-order valence-corrected chi connectivity index (χ4v) is 8.27. The van der Waals surface area contributed by atoms with Crippen molar-refractivity contribution in [1.82, 2.24) is 30.2 Å². The summed E-state index contributed by atoms with van der Waals surface area (Å²) < 4.78 is 61.9. The molecule has 3 heterocycles. The number of carbonyl (C=O) groups is 3. The Morgan fingerprint density at radius 1 is 1.07 bits per heavy atom. The van der Waals surface area contributed by atoms with Gasteiger partial charge in [-0.3, -0.25) is 32.5 Å². The van der Waals surface area contributed by atoms with E-state index in [1.54, 1.807) is 6.92 Å². The number of aromatic nitrogens is 4. The molecule has 2 aromatic heterocycles. The lowest BCUT2D eigenvalue weighted by Gasteiger charge is -2.30. The molecule has 0 bridgehead atoms. The minimum Gasteiger partial charge on any atom is -0.481 e. The van der Waals surface area contributed by atoms with E-state index in [9.17, 15) is 57.9 Å². The normalized spacial score (nSPS) is 22.6. The number of rotatable bonds is 22. The summed E-state index contributed by atoms with van der Waals surface area (Å²) in [6, 6.07) is 0. The summed E-state index contributed by atoms with van der Waals surface area (Å²) in [5, 5.41) is 35.2. The lowest BCUT2D eigenvalue weighted by molar-refractivity contribution is -0.140. The number of nitrogens with one attached hydrogen (secondary N) is 2. The van der Waals surface area contributed by atoms with Gasteiger partial charge in [0.05, 0.1) is 25.5 Å². The van der Waals surface area contributed by atoms with Gasteiger partial charge in [-0.1, -0.05) is 20.8 Å². The second-order valence-electron chi connectivity index (χ2n) is 12.4. The Morgan fingerprint density at radius 2 is 1.74 bits per heavy atom. The van der Waals surface area contributed by atoms with Crippen LogP contribution in [0.2, 0.25) is 0 Å². The topological polar surface area (TPSA) is 384 Å². The van der Waals surface area contributed by atoms with Crippen molar-refractivity contribution in [3.05, 3.63) is 12.7 Å². The van der Waals surface area contributed by atoms with Gasteiger partial charge in [0.25, 0.3) is 0 Å². The van der Waals surface area contributed by atoms with E-state index >= 15 is 0 Å². The van der Waals surface area contributed by atoms with Gasteiger partial charge in [-0.15, -0.1) is 0 Å². The second-order valence-corrected chi connectivity index (χ2v) is 17.8. The van der Waals surface area contributed by atoms with Crippen molar-refractivity contribution in [2.75, 3.05) is 43.5 Å². The van der Waals surface area contributed by atoms with Gasteiger partial charge in [0.2, 0.25) is 11.8 Å². The number of aliphatic carboxylic acids is 1. The first-order valence-electron chi connectivity index (χ1n) is 15.6. The molecule has 0 radical (unpaired) electrons. The Labute approximate surface area is 310 Å². The van der Waals surface area contributed by atoms with Crippen molar-refractivity contribution >= 4 is 70.0 Å². The van der Waals surface area contributed by atoms with Crippen molar-refractivity contribution in [2.45, 2.75) is 57.8 Å². The van der Waals surface area contributed by atoms with E-state index in [1.165, 1.54) is 25.6 Å².